The quantitative estimate of drug-likeness (QED) is 0.541. The standard InChI is InChI=1S/C21H17NO6/c1-26-14-9-6-13(7-10-14)8-11-19(23)22-20(24)16-12-15-17(27-2)4-3-5-18(15)28-21(16)25/h3-12H,1-2H3,(H,22,23,24)/b11-8-. The lowest BCUT2D eigenvalue weighted by Gasteiger charge is -2.06. The molecule has 0 bridgehead atoms. The van der Waals surface area contributed by atoms with Crippen LogP contribution >= 0.6 is 0 Å². The van der Waals surface area contributed by atoms with E-state index in [9.17, 15) is 14.4 Å². The number of hydrogen-bond acceptors (Lipinski definition) is 6. The fourth-order valence-corrected chi connectivity index (χ4v) is 2.56. The van der Waals surface area contributed by atoms with Gasteiger partial charge in [-0.2, -0.15) is 0 Å². The molecule has 2 amide bonds. The van der Waals surface area contributed by atoms with Crippen molar-refractivity contribution in [2.24, 2.45) is 0 Å². The predicted molar refractivity (Wildman–Crippen MR) is 104 cm³/mol. The van der Waals surface area contributed by atoms with Crippen LogP contribution in [0.3, 0.4) is 0 Å². The maximum atomic E-state index is 12.3. The number of carbonyl (C=O) groups excluding carboxylic acids is 2. The Morgan fingerprint density at radius 1 is 1.04 bits per heavy atom. The van der Waals surface area contributed by atoms with Crippen LogP contribution in [0.25, 0.3) is 17.0 Å². The molecule has 0 spiro atoms. The zero-order chi connectivity index (χ0) is 20.1. The van der Waals surface area contributed by atoms with E-state index < -0.39 is 17.4 Å². The van der Waals surface area contributed by atoms with Gasteiger partial charge in [0, 0.05) is 6.08 Å². The number of nitrogens with one attached hydrogen (secondary N) is 1. The fraction of sp³-hybridized carbons (Fsp3) is 0.0952. The highest BCUT2D eigenvalue weighted by atomic mass is 16.5. The largest absolute Gasteiger partial charge is 0.497 e. The molecule has 0 fully saturated rings. The van der Waals surface area contributed by atoms with Crippen LogP contribution in [-0.4, -0.2) is 26.0 Å². The Bertz CT molecular complexity index is 1110. The topological polar surface area (TPSA) is 94.8 Å². The molecule has 0 radical (unpaired) electrons. The first kappa shape index (κ1) is 18.9. The molecular formula is C21H17NO6. The van der Waals surface area contributed by atoms with Crippen LogP contribution in [0.5, 0.6) is 11.5 Å². The van der Waals surface area contributed by atoms with E-state index in [4.69, 9.17) is 13.9 Å². The van der Waals surface area contributed by atoms with Gasteiger partial charge in [-0.1, -0.05) is 18.2 Å². The third-order valence-corrected chi connectivity index (χ3v) is 3.98. The average Bonchev–Trinajstić information content (AvgIpc) is 2.71. The van der Waals surface area contributed by atoms with E-state index in [0.717, 1.165) is 5.56 Å². The van der Waals surface area contributed by atoms with Gasteiger partial charge in [-0.25, -0.2) is 4.79 Å². The molecule has 3 rings (SSSR count). The average molecular weight is 379 g/mol. The number of fused-ring (bicyclic) bond motifs is 1. The second-order valence-electron chi connectivity index (χ2n) is 5.74. The smallest absolute Gasteiger partial charge is 0.349 e. The van der Waals surface area contributed by atoms with E-state index in [1.165, 1.54) is 25.3 Å². The van der Waals surface area contributed by atoms with Crippen LogP contribution in [0.4, 0.5) is 0 Å². The maximum absolute atomic E-state index is 12.3. The summed E-state index contributed by atoms with van der Waals surface area (Å²) in [6.45, 7) is 0. The molecular weight excluding hydrogens is 362 g/mol. The minimum Gasteiger partial charge on any atom is -0.497 e. The summed E-state index contributed by atoms with van der Waals surface area (Å²) in [5.41, 5.74) is -0.0987. The Kier molecular flexibility index (Phi) is 5.55. The predicted octanol–water partition coefficient (Wildman–Crippen LogP) is 2.78. The molecule has 0 unspecified atom stereocenters. The molecule has 0 atom stereocenters. The molecule has 0 aliphatic heterocycles. The number of ether oxygens (including phenoxy) is 2. The van der Waals surface area contributed by atoms with Crippen molar-refractivity contribution in [2.45, 2.75) is 0 Å². The highest BCUT2D eigenvalue weighted by Crippen LogP contribution is 2.24. The van der Waals surface area contributed by atoms with E-state index >= 15 is 0 Å². The van der Waals surface area contributed by atoms with Crippen LogP contribution in [0.2, 0.25) is 0 Å². The molecule has 0 saturated carbocycles. The first-order chi connectivity index (χ1) is 13.5. The molecule has 2 aromatic carbocycles. The molecule has 0 aliphatic carbocycles. The number of rotatable bonds is 5. The van der Waals surface area contributed by atoms with E-state index in [1.54, 1.807) is 49.6 Å². The summed E-state index contributed by atoms with van der Waals surface area (Å²) in [6.07, 6.45) is 2.73. The van der Waals surface area contributed by atoms with E-state index in [-0.39, 0.29) is 11.1 Å². The van der Waals surface area contributed by atoms with Crippen molar-refractivity contribution in [3.8, 4) is 11.5 Å². The Morgan fingerprint density at radius 2 is 1.79 bits per heavy atom. The molecule has 7 heteroatoms. The van der Waals surface area contributed by atoms with Crippen molar-refractivity contribution in [2.75, 3.05) is 14.2 Å². The van der Waals surface area contributed by atoms with Crippen molar-refractivity contribution in [1.82, 2.24) is 5.32 Å². The van der Waals surface area contributed by atoms with Crippen LogP contribution in [0, 0.1) is 0 Å². The molecule has 1 aromatic heterocycles. The van der Waals surface area contributed by atoms with Gasteiger partial charge in [0.1, 0.15) is 22.6 Å². The molecule has 142 valence electrons. The Hall–Kier alpha value is -3.87. The summed E-state index contributed by atoms with van der Waals surface area (Å²) in [7, 11) is 3.02. The van der Waals surface area contributed by atoms with Crippen molar-refractivity contribution in [3.05, 3.63) is 76.2 Å². The van der Waals surface area contributed by atoms with Crippen molar-refractivity contribution >= 4 is 28.9 Å². The van der Waals surface area contributed by atoms with Gasteiger partial charge in [-0.15, -0.1) is 0 Å². The molecule has 0 saturated heterocycles. The zero-order valence-electron chi connectivity index (χ0n) is 15.2. The van der Waals surface area contributed by atoms with E-state index in [1.807, 2.05) is 0 Å². The van der Waals surface area contributed by atoms with Crippen LogP contribution < -0.4 is 20.4 Å². The number of methoxy groups -OCH3 is 2. The number of amides is 2. The van der Waals surface area contributed by atoms with Gasteiger partial charge in [0.15, 0.2) is 0 Å². The van der Waals surface area contributed by atoms with Gasteiger partial charge >= 0.3 is 5.63 Å². The lowest BCUT2D eigenvalue weighted by atomic mass is 10.1. The first-order valence-corrected chi connectivity index (χ1v) is 8.30. The molecule has 7 nitrogen and oxygen atoms in total. The first-order valence-electron chi connectivity index (χ1n) is 8.30. The summed E-state index contributed by atoms with van der Waals surface area (Å²) in [5.74, 6) is -0.387. The molecule has 1 N–H and O–H groups in total. The van der Waals surface area contributed by atoms with Crippen LogP contribution in [0.1, 0.15) is 15.9 Å². The fourth-order valence-electron chi connectivity index (χ4n) is 2.56. The van der Waals surface area contributed by atoms with Gasteiger partial charge in [0.2, 0.25) is 0 Å². The minimum atomic E-state index is -0.856. The molecule has 0 aliphatic rings. The summed E-state index contributed by atoms with van der Waals surface area (Å²) in [5, 5.41) is 2.60. The molecule has 3 aromatic rings. The van der Waals surface area contributed by atoms with Gasteiger partial charge in [-0.05, 0) is 42.0 Å². The van der Waals surface area contributed by atoms with E-state index in [0.29, 0.717) is 16.9 Å². The van der Waals surface area contributed by atoms with Gasteiger partial charge in [0.25, 0.3) is 11.8 Å². The minimum absolute atomic E-state index is 0.284. The molecule has 1 heterocycles. The Morgan fingerprint density at radius 3 is 2.46 bits per heavy atom. The van der Waals surface area contributed by atoms with Crippen molar-refractivity contribution in [1.29, 1.82) is 0 Å². The second kappa shape index (κ2) is 8.22. The van der Waals surface area contributed by atoms with Crippen molar-refractivity contribution < 1.29 is 23.5 Å². The number of imide groups is 1. The van der Waals surface area contributed by atoms with Gasteiger partial charge in [0.05, 0.1) is 19.6 Å². The highest BCUT2D eigenvalue weighted by Gasteiger charge is 2.17. The number of carbonyl (C=O) groups is 2. The van der Waals surface area contributed by atoms with Crippen LogP contribution in [0.15, 0.2) is 63.8 Å². The monoisotopic (exact) mass is 379 g/mol. The van der Waals surface area contributed by atoms with Gasteiger partial charge < -0.3 is 13.9 Å². The second-order valence-corrected chi connectivity index (χ2v) is 5.74. The van der Waals surface area contributed by atoms with Gasteiger partial charge in [-0.3, -0.25) is 14.9 Å². The maximum Gasteiger partial charge on any atom is 0.349 e. The lowest BCUT2D eigenvalue weighted by Crippen LogP contribution is -2.32. The lowest BCUT2D eigenvalue weighted by molar-refractivity contribution is -0.115. The third-order valence-electron chi connectivity index (χ3n) is 3.98. The van der Waals surface area contributed by atoms with Crippen molar-refractivity contribution in [3.63, 3.8) is 0 Å². The summed E-state index contributed by atoms with van der Waals surface area (Å²) >= 11 is 0. The highest BCUT2D eigenvalue weighted by molar-refractivity contribution is 6.09. The Labute approximate surface area is 160 Å². The summed E-state index contributed by atoms with van der Waals surface area (Å²) in [6, 6.07) is 13.3. The summed E-state index contributed by atoms with van der Waals surface area (Å²) in [4.78, 5) is 36.4. The number of hydrogen-bond donors (Lipinski definition) is 1. The normalized spacial score (nSPS) is 10.8. The number of benzene rings is 2. The third kappa shape index (κ3) is 4.09. The summed E-state index contributed by atoms with van der Waals surface area (Å²) < 4.78 is 15.4. The van der Waals surface area contributed by atoms with Crippen LogP contribution in [-0.2, 0) is 4.79 Å². The molecule has 28 heavy (non-hydrogen) atoms. The SMILES string of the molecule is COc1ccc(/C=C\C(=O)NC(=O)c2cc3c(OC)cccc3oc2=O)cc1. The Balaban J connectivity index is 1.78. The zero-order valence-corrected chi connectivity index (χ0v) is 15.2. The van der Waals surface area contributed by atoms with E-state index in [2.05, 4.69) is 5.32 Å².